The van der Waals surface area contributed by atoms with Crippen LogP contribution in [0.15, 0.2) is 15.7 Å². The number of nitrogens with one attached hydrogen (secondary N) is 1. The lowest BCUT2D eigenvalue weighted by atomic mass is 10.0. The van der Waals surface area contributed by atoms with E-state index in [0.717, 1.165) is 0 Å². The molecule has 0 saturated carbocycles. The molecule has 1 unspecified atom stereocenters. The summed E-state index contributed by atoms with van der Waals surface area (Å²) in [6.45, 7) is 10.6. The van der Waals surface area contributed by atoms with Crippen molar-refractivity contribution in [2.75, 3.05) is 13.6 Å². The molecule has 2 aromatic heterocycles. The van der Waals surface area contributed by atoms with E-state index in [2.05, 4.69) is 9.97 Å². The van der Waals surface area contributed by atoms with Gasteiger partial charge in [-0.05, 0) is 31.2 Å². The zero-order valence-corrected chi connectivity index (χ0v) is 17.6. The minimum Gasteiger partial charge on any atom is -0.342 e. The van der Waals surface area contributed by atoms with Crippen molar-refractivity contribution in [1.82, 2.24) is 19.4 Å². The summed E-state index contributed by atoms with van der Waals surface area (Å²) in [5.41, 5.74) is 6.15. The quantitative estimate of drug-likeness (QED) is 0.748. The number of nitrogens with two attached hydrogens (primary N) is 1. The maximum Gasteiger partial charge on any atom is 0.329 e. The zero-order chi connectivity index (χ0) is 21.2. The molecule has 0 saturated heterocycles. The normalized spacial score (nSPS) is 12.8. The Morgan fingerprint density at radius 3 is 2.46 bits per heavy atom. The summed E-state index contributed by atoms with van der Waals surface area (Å²) >= 11 is 0. The van der Waals surface area contributed by atoms with Crippen molar-refractivity contribution in [3.63, 3.8) is 0 Å². The Kier molecular flexibility index (Phi) is 6.77. The SMILES string of the molecule is CCn1c(=O)[nH]c(=O)c2c(C(=O)N(C)CCC(N)C(C)C)cc(C(C)C)nc21. The summed E-state index contributed by atoms with van der Waals surface area (Å²) in [6, 6.07) is 1.65. The monoisotopic (exact) mass is 389 g/mol. The van der Waals surface area contributed by atoms with Crippen LogP contribution in [0, 0.1) is 5.92 Å². The number of rotatable bonds is 7. The Bertz CT molecular complexity index is 974. The predicted molar refractivity (Wildman–Crippen MR) is 111 cm³/mol. The van der Waals surface area contributed by atoms with Crippen molar-refractivity contribution >= 4 is 16.9 Å². The molecule has 154 valence electrons. The molecule has 0 fully saturated rings. The van der Waals surface area contributed by atoms with Gasteiger partial charge in [-0.15, -0.1) is 0 Å². The molecule has 28 heavy (non-hydrogen) atoms. The molecule has 0 spiro atoms. The molecule has 1 atom stereocenters. The third kappa shape index (κ3) is 4.32. The fraction of sp³-hybridized carbons (Fsp3) is 0.600. The number of aromatic amines is 1. The molecule has 0 radical (unpaired) electrons. The molecule has 0 aliphatic carbocycles. The third-order valence-corrected chi connectivity index (χ3v) is 5.11. The van der Waals surface area contributed by atoms with Gasteiger partial charge in [-0.1, -0.05) is 27.7 Å². The molecule has 2 rings (SSSR count). The molecule has 8 nitrogen and oxygen atoms in total. The van der Waals surface area contributed by atoms with E-state index in [-0.39, 0.29) is 34.5 Å². The standard InChI is InChI=1S/C20H31N5O3/c1-7-25-17-16(18(26)23-20(25)28)13(10-15(22-17)12(4)5)19(27)24(6)9-8-14(21)11(2)3/h10-12,14H,7-9,21H2,1-6H3,(H,23,26,28). The molecule has 0 aliphatic heterocycles. The molecular formula is C20H31N5O3. The summed E-state index contributed by atoms with van der Waals surface area (Å²) in [5, 5.41) is 0.149. The number of hydrogen-bond acceptors (Lipinski definition) is 5. The Morgan fingerprint density at radius 2 is 1.93 bits per heavy atom. The first kappa shape index (κ1) is 21.8. The average Bonchev–Trinajstić information content (AvgIpc) is 2.64. The predicted octanol–water partition coefficient (Wildman–Crippen LogP) is 1.67. The minimum absolute atomic E-state index is 0.00988. The molecule has 2 heterocycles. The maximum absolute atomic E-state index is 13.2. The second-order valence-electron chi connectivity index (χ2n) is 7.87. The van der Waals surface area contributed by atoms with E-state index in [9.17, 15) is 14.4 Å². The first-order chi connectivity index (χ1) is 13.1. The van der Waals surface area contributed by atoms with E-state index in [4.69, 9.17) is 5.73 Å². The Morgan fingerprint density at radius 1 is 1.29 bits per heavy atom. The minimum atomic E-state index is -0.594. The largest absolute Gasteiger partial charge is 0.342 e. The Balaban J connectivity index is 2.60. The number of carbonyl (C=O) groups is 1. The van der Waals surface area contributed by atoms with Gasteiger partial charge in [-0.3, -0.25) is 19.1 Å². The topological polar surface area (TPSA) is 114 Å². The Hall–Kier alpha value is -2.48. The number of aryl methyl sites for hydroxylation is 1. The van der Waals surface area contributed by atoms with E-state index >= 15 is 0 Å². The second kappa shape index (κ2) is 8.68. The molecule has 8 heteroatoms. The second-order valence-corrected chi connectivity index (χ2v) is 7.87. The molecule has 2 aromatic rings. The summed E-state index contributed by atoms with van der Waals surface area (Å²) in [5.74, 6) is 0.0759. The van der Waals surface area contributed by atoms with Crippen LogP contribution in [0.2, 0.25) is 0 Å². The highest BCUT2D eigenvalue weighted by atomic mass is 16.2. The highest BCUT2D eigenvalue weighted by Gasteiger charge is 2.22. The van der Waals surface area contributed by atoms with Crippen LogP contribution in [-0.4, -0.2) is 45.0 Å². The van der Waals surface area contributed by atoms with Gasteiger partial charge < -0.3 is 10.6 Å². The van der Waals surface area contributed by atoms with Crippen LogP contribution in [0.4, 0.5) is 0 Å². The number of H-pyrrole nitrogens is 1. The number of nitrogens with zero attached hydrogens (tertiary/aromatic N) is 3. The van der Waals surface area contributed by atoms with Crippen molar-refractivity contribution in [2.45, 2.75) is 59.5 Å². The van der Waals surface area contributed by atoms with Crippen molar-refractivity contribution in [3.8, 4) is 0 Å². The number of amides is 1. The Labute approximate surface area is 164 Å². The van der Waals surface area contributed by atoms with E-state index in [0.29, 0.717) is 31.1 Å². The zero-order valence-electron chi connectivity index (χ0n) is 17.6. The van der Waals surface area contributed by atoms with Crippen LogP contribution >= 0.6 is 0 Å². The van der Waals surface area contributed by atoms with Gasteiger partial charge in [0.25, 0.3) is 11.5 Å². The third-order valence-electron chi connectivity index (χ3n) is 5.11. The van der Waals surface area contributed by atoms with E-state index in [1.54, 1.807) is 24.9 Å². The first-order valence-electron chi connectivity index (χ1n) is 9.77. The van der Waals surface area contributed by atoms with Crippen molar-refractivity contribution in [3.05, 3.63) is 38.2 Å². The molecular weight excluding hydrogens is 358 g/mol. The number of aromatic nitrogens is 3. The van der Waals surface area contributed by atoms with Gasteiger partial charge in [-0.2, -0.15) is 0 Å². The van der Waals surface area contributed by atoms with Crippen LogP contribution in [0.3, 0.4) is 0 Å². The summed E-state index contributed by atoms with van der Waals surface area (Å²) in [6.07, 6.45) is 0.663. The van der Waals surface area contributed by atoms with Gasteiger partial charge in [-0.25, -0.2) is 9.78 Å². The molecule has 3 N–H and O–H groups in total. The van der Waals surface area contributed by atoms with Gasteiger partial charge in [0.15, 0.2) is 5.65 Å². The van der Waals surface area contributed by atoms with Gasteiger partial charge in [0.1, 0.15) is 0 Å². The van der Waals surface area contributed by atoms with Crippen molar-refractivity contribution in [1.29, 1.82) is 0 Å². The van der Waals surface area contributed by atoms with Crippen molar-refractivity contribution < 1.29 is 4.79 Å². The maximum atomic E-state index is 13.2. The van der Waals surface area contributed by atoms with Crippen LogP contribution < -0.4 is 17.0 Å². The van der Waals surface area contributed by atoms with Crippen LogP contribution in [0.25, 0.3) is 11.0 Å². The van der Waals surface area contributed by atoms with Crippen LogP contribution in [0.5, 0.6) is 0 Å². The summed E-state index contributed by atoms with van der Waals surface area (Å²) < 4.78 is 1.38. The van der Waals surface area contributed by atoms with Crippen LogP contribution in [0.1, 0.15) is 63.0 Å². The summed E-state index contributed by atoms with van der Waals surface area (Å²) in [4.78, 5) is 46.3. The number of pyridine rings is 1. The number of carbonyl (C=O) groups excluding carboxylic acids is 1. The fourth-order valence-corrected chi connectivity index (χ4v) is 3.03. The van der Waals surface area contributed by atoms with Gasteiger partial charge >= 0.3 is 5.69 Å². The highest BCUT2D eigenvalue weighted by molar-refractivity contribution is 6.05. The lowest BCUT2D eigenvalue weighted by molar-refractivity contribution is 0.0790. The number of hydrogen-bond donors (Lipinski definition) is 2. The lowest BCUT2D eigenvalue weighted by Gasteiger charge is -2.22. The average molecular weight is 390 g/mol. The van der Waals surface area contributed by atoms with E-state index in [1.165, 1.54) is 4.57 Å². The lowest BCUT2D eigenvalue weighted by Crippen LogP contribution is -2.36. The van der Waals surface area contributed by atoms with Crippen molar-refractivity contribution in [2.24, 2.45) is 11.7 Å². The molecule has 0 bridgehead atoms. The van der Waals surface area contributed by atoms with Gasteiger partial charge in [0.05, 0.1) is 10.9 Å². The van der Waals surface area contributed by atoms with Crippen LogP contribution in [-0.2, 0) is 6.54 Å². The molecule has 0 aliphatic rings. The van der Waals surface area contributed by atoms with Gasteiger partial charge in [0, 0.05) is 31.9 Å². The molecule has 1 amide bonds. The smallest absolute Gasteiger partial charge is 0.329 e. The fourth-order valence-electron chi connectivity index (χ4n) is 3.03. The highest BCUT2D eigenvalue weighted by Crippen LogP contribution is 2.21. The molecule has 0 aromatic carbocycles. The van der Waals surface area contributed by atoms with E-state index in [1.807, 2.05) is 27.7 Å². The first-order valence-corrected chi connectivity index (χ1v) is 9.77. The number of fused-ring (bicyclic) bond motifs is 1. The van der Waals surface area contributed by atoms with Gasteiger partial charge in [0.2, 0.25) is 0 Å². The van der Waals surface area contributed by atoms with E-state index < -0.39 is 11.2 Å². The summed E-state index contributed by atoms with van der Waals surface area (Å²) in [7, 11) is 1.70.